The van der Waals surface area contributed by atoms with Crippen LogP contribution in [0.15, 0.2) is 18.2 Å². The number of carbonyl (C=O) groups is 1. The summed E-state index contributed by atoms with van der Waals surface area (Å²) in [5.41, 5.74) is 2.39. The minimum atomic E-state index is 0. The van der Waals surface area contributed by atoms with Gasteiger partial charge in [0.1, 0.15) is 5.75 Å². The van der Waals surface area contributed by atoms with Crippen molar-refractivity contribution in [2.75, 3.05) is 32.8 Å². The number of hydrogen-bond acceptors (Lipinski definition) is 3. The number of ether oxygens (including phenoxy) is 1. The summed E-state index contributed by atoms with van der Waals surface area (Å²) >= 11 is 0. The van der Waals surface area contributed by atoms with E-state index in [1.807, 2.05) is 17.0 Å². The minimum absolute atomic E-state index is 0. The van der Waals surface area contributed by atoms with Gasteiger partial charge in [-0.3, -0.25) is 4.79 Å². The molecule has 0 spiro atoms. The van der Waals surface area contributed by atoms with Crippen LogP contribution in [0.3, 0.4) is 0 Å². The lowest BCUT2D eigenvalue weighted by Gasteiger charge is -2.21. The van der Waals surface area contributed by atoms with E-state index in [1.54, 1.807) is 0 Å². The van der Waals surface area contributed by atoms with Crippen molar-refractivity contribution in [2.45, 2.75) is 33.1 Å². The van der Waals surface area contributed by atoms with Crippen molar-refractivity contribution in [3.63, 3.8) is 0 Å². The van der Waals surface area contributed by atoms with Gasteiger partial charge in [0.05, 0.1) is 13.0 Å². The topological polar surface area (TPSA) is 41.6 Å². The highest BCUT2D eigenvalue weighted by Gasteiger charge is 2.31. The molecule has 0 radical (unpaired) electrons. The van der Waals surface area contributed by atoms with Crippen LogP contribution in [0.2, 0.25) is 0 Å². The van der Waals surface area contributed by atoms with Gasteiger partial charge in [-0.15, -0.1) is 12.4 Å². The van der Waals surface area contributed by atoms with Crippen molar-refractivity contribution in [1.82, 2.24) is 10.2 Å². The number of hydrogen-bond donors (Lipinski definition) is 1. The molecule has 1 aromatic carbocycles. The molecular weight excluding hydrogens is 324 g/mol. The smallest absolute Gasteiger partial charge is 0.225 e. The molecule has 1 N–H and O–H groups in total. The van der Waals surface area contributed by atoms with E-state index in [1.165, 1.54) is 11.1 Å². The van der Waals surface area contributed by atoms with Gasteiger partial charge < -0.3 is 15.0 Å². The summed E-state index contributed by atoms with van der Waals surface area (Å²) in [4.78, 5) is 14.5. The van der Waals surface area contributed by atoms with Crippen molar-refractivity contribution in [1.29, 1.82) is 0 Å². The maximum Gasteiger partial charge on any atom is 0.225 e. The third kappa shape index (κ3) is 4.87. The monoisotopic (exact) mass is 352 g/mol. The average molecular weight is 353 g/mol. The van der Waals surface area contributed by atoms with Crippen LogP contribution in [-0.4, -0.2) is 43.6 Å². The zero-order valence-corrected chi connectivity index (χ0v) is 15.5. The molecule has 2 aliphatic rings. The van der Waals surface area contributed by atoms with Gasteiger partial charge in [0.25, 0.3) is 0 Å². The number of amides is 1. The standard InChI is InChI=1S/C19H28N2O2.ClH/c1-14-9-15(2)11-18(10-14)23-8-5-19(22)21-6-3-16-12-20-13-17(16)4-7-21;/h9-11,16-17,20H,3-8,12-13H2,1-2H3;1H/t16-,17+;. The first-order chi connectivity index (χ1) is 11.1. The minimum Gasteiger partial charge on any atom is -0.493 e. The summed E-state index contributed by atoms with van der Waals surface area (Å²) in [7, 11) is 0. The molecule has 134 valence electrons. The number of rotatable bonds is 4. The van der Waals surface area contributed by atoms with E-state index in [-0.39, 0.29) is 18.3 Å². The highest BCUT2D eigenvalue weighted by molar-refractivity contribution is 5.85. The van der Waals surface area contributed by atoms with Crippen LogP contribution >= 0.6 is 12.4 Å². The SMILES string of the molecule is Cc1cc(C)cc(OCCC(=O)N2CC[C@@H]3CNC[C@@H]3CC2)c1.Cl. The second-order valence-corrected chi connectivity index (χ2v) is 7.06. The fourth-order valence-electron chi connectivity index (χ4n) is 3.90. The van der Waals surface area contributed by atoms with Gasteiger partial charge in [-0.25, -0.2) is 0 Å². The van der Waals surface area contributed by atoms with Crippen LogP contribution < -0.4 is 10.1 Å². The first kappa shape index (κ1) is 19.1. The van der Waals surface area contributed by atoms with Gasteiger partial charge in [0.15, 0.2) is 0 Å². The summed E-state index contributed by atoms with van der Waals surface area (Å²) in [6.07, 6.45) is 2.75. The highest BCUT2D eigenvalue weighted by atomic mass is 35.5. The summed E-state index contributed by atoms with van der Waals surface area (Å²) in [5, 5.41) is 3.47. The number of benzene rings is 1. The third-order valence-electron chi connectivity index (χ3n) is 5.15. The summed E-state index contributed by atoms with van der Waals surface area (Å²) < 4.78 is 5.78. The number of nitrogens with one attached hydrogen (secondary N) is 1. The van der Waals surface area contributed by atoms with Crippen molar-refractivity contribution in [3.05, 3.63) is 29.3 Å². The number of aryl methyl sites for hydroxylation is 2. The Bertz CT molecular complexity index is 530. The van der Waals surface area contributed by atoms with Gasteiger partial charge in [-0.1, -0.05) is 6.07 Å². The largest absolute Gasteiger partial charge is 0.493 e. The van der Waals surface area contributed by atoms with E-state index in [2.05, 4.69) is 25.2 Å². The number of likely N-dealkylation sites (tertiary alicyclic amines) is 1. The third-order valence-corrected chi connectivity index (χ3v) is 5.15. The fraction of sp³-hybridized carbons (Fsp3) is 0.632. The Balaban J connectivity index is 0.00000208. The van der Waals surface area contributed by atoms with Gasteiger partial charge in [-0.05, 0) is 74.9 Å². The second kappa shape index (κ2) is 8.72. The van der Waals surface area contributed by atoms with E-state index in [9.17, 15) is 4.79 Å². The molecule has 1 amide bonds. The molecule has 0 aromatic heterocycles. The Kier molecular flexibility index (Phi) is 6.93. The van der Waals surface area contributed by atoms with Crippen molar-refractivity contribution in [3.8, 4) is 5.75 Å². The molecule has 2 aliphatic heterocycles. The molecule has 2 heterocycles. The zero-order valence-electron chi connectivity index (χ0n) is 14.7. The van der Waals surface area contributed by atoms with Gasteiger partial charge in [0.2, 0.25) is 5.91 Å². The predicted molar refractivity (Wildman–Crippen MR) is 98.9 cm³/mol. The average Bonchev–Trinajstić information content (AvgIpc) is 2.85. The summed E-state index contributed by atoms with van der Waals surface area (Å²) in [5.74, 6) is 2.63. The maximum absolute atomic E-state index is 12.4. The quantitative estimate of drug-likeness (QED) is 0.905. The molecule has 0 bridgehead atoms. The Morgan fingerprint density at radius 1 is 1.12 bits per heavy atom. The number of halogens is 1. The second-order valence-electron chi connectivity index (χ2n) is 7.06. The fourth-order valence-corrected chi connectivity index (χ4v) is 3.90. The molecule has 0 saturated carbocycles. The number of carbonyl (C=O) groups excluding carboxylic acids is 1. The van der Waals surface area contributed by atoms with Crippen LogP contribution in [0.4, 0.5) is 0 Å². The molecule has 0 unspecified atom stereocenters. The Labute approximate surface area is 151 Å². The lowest BCUT2D eigenvalue weighted by molar-refractivity contribution is -0.131. The van der Waals surface area contributed by atoms with Gasteiger partial charge in [-0.2, -0.15) is 0 Å². The normalized spacial score (nSPS) is 23.2. The Morgan fingerprint density at radius 3 is 2.29 bits per heavy atom. The summed E-state index contributed by atoms with van der Waals surface area (Å²) in [6.45, 7) is 8.66. The molecule has 24 heavy (non-hydrogen) atoms. The van der Waals surface area contributed by atoms with Crippen LogP contribution in [0, 0.1) is 25.7 Å². The molecule has 3 rings (SSSR count). The van der Waals surface area contributed by atoms with Crippen molar-refractivity contribution >= 4 is 18.3 Å². The van der Waals surface area contributed by atoms with Crippen LogP contribution in [0.25, 0.3) is 0 Å². The van der Waals surface area contributed by atoms with Gasteiger partial charge >= 0.3 is 0 Å². The predicted octanol–water partition coefficient (Wildman–Crippen LogP) is 2.95. The molecule has 5 heteroatoms. The molecule has 2 fully saturated rings. The number of fused-ring (bicyclic) bond motifs is 1. The zero-order chi connectivity index (χ0) is 16.2. The lowest BCUT2D eigenvalue weighted by atomic mass is 9.92. The van der Waals surface area contributed by atoms with E-state index in [0.717, 1.165) is 56.6 Å². The van der Waals surface area contributed by atoms with Gasteiger partial charge in [0, 0.05) is 13.1 Å². The number of nitrogens with zero attached hydrogens (tertiary/aromatic N) is 1. The van der Waals surface area contributed by atoms with E-state index in [4.69, 9.17) is 4.74 Å². The van der Waals surface area contributed by atoms with Crippen LogP contribution in [0.1, 0.15) is 30.4 Å². The molecule has 2 atom stereocenters. The highest BCUT2D eigenvalue weighted by Crippen LogP contribution is 2.27. The summed E-state index contributed by atoms with van der Waals surface area (Å²) in [6, 6.07) is 6.18. The van der Waals surface area contributed by atoms with Crippen molar-refractivity contribution < 1.29 is 9.53 Å². The van der Waals surface area contributed by atoms with E-state index >= 15 is 0 Å². The molecule has 0 aliphatic carbocycles. The lowest BCUT2D eigenvalue weighted by Crippen LogP contribution is -2.33. The van der Waals surface area contributed by atoms with Crippen molar-refractivity contribution in [2.24, 2.45) is 11.8 Å². The van der Waals surface area contributed by atoms with E-state index in [0.29, 0.717) is 13.0 Å². The first-order valence-corrected chi connectivity index (χ1v) is 8.81. The molecule has 1 aromatic rings. The maximum atomic E-state index is 12.4. The molecule has 4 nitrogen and oxygen atoms in total. The first-order valence-electron chi connectivity index (χ1n) is 8.81. The molecular formula is C19H29ClN2O2. The van der Waals surface area contributed by atoms with E-state index < -0.39 is 0 Å². The van der Waals surface area contributed by atoms with Crippen LogP contribution in [-0.2, 0) is 4.79 Å². The van der Waals surface area contributed by atoms with Crippen LogP contribution in [0.5, 0.6) is 5.75 Å². The Morgan fingerprint density at radius 2 is 1.71 bits per heavy atom. The molecule has 2 saturated heterocycles. The Hall–Kier alpha value is -1.26.